The summed E-state index contributed by atoms with van der Waals surface area (Å²) < 4.78 is 4.62. The normalized spacial score (nSPS) is 15.9. The molecule has 0 aromatic carbocycles. The van der Waals surface area contributed by atoms with Crippen LogP contribution in [0.25, 0.3) is 0 Å². The van der Waals surface area contributed by atoms with Crippen LogP contribution in [-0.4, -0.2) is 60.6 Å². The number of nitro groups is 1. The van der Waals surface area contributed by atoms with Gasteiger partial charge in [-0.15, -0.1) is 0 Å². The number of carbonyl (C=O) groups is 1. The zero-order valence-corrected chi connectivity index (χ0v) is 11.2. The van der Waals surface area contributed by atoms with E-state index in [0.717, 1.165) is 0 Å². The molecule has 108 valence electrons. The van der Waals surface area contributed by atoms with Gasteiger partial charge in [0.05, 0.1) is 18.6 Å². The number of hydrogen-bond donors (Lipinski definition) is 0. The maximum absolute atomic E-state index is 11.2. The van der Waals surface area contributed by atoms with Gasteiger partial charge in [-0.1, -0.05) is 0 Å². The second-order valence-corrected chi connectivity index (χ2v) is 4.44. The molecule has 20 heavy (non-hydrogen) atoms. The van der Waals surface area contributed by atoms with Gasteiger partial charge in [0.2, 0.25) is 5.82 Å². The van der Waals surface area contributed by atoms with Crippen LogP contribution >= 0.6 is 0 Å². The third kappa shape index (κ3) is 3.21. The smallest absolute Gasteiger partial charge is 0.319 e. The van der Waals surface area contributed by atoms with Crippen molar-refractivity contribution in [2.24, 2.45) is 0 Å². The predicted octanol–water partition coefficient (Wildman–Crippen LogP) is 0.285. The third-order valence-electron chi connectivity index (χ3n) is 3.21. The van der Waals surface area contributed by atoms with Crippen LogP contribution in [0.1, 0.15) is 0 Å². The molecule has 0 atom stereocenters. The minimum atomic E-state index is -0.427. The molecule has 0 aliphatic carbocycles. The van der Waals surface area contributed by atoms with Crippen LogP contribution in [0.2, 0.25) is 0 Å². The Balaban J connectivity index is 2.01. The van der Waals surface area contributed by atoms with Crippen molar-refractivity contribution in [1.82, 2.24) is 9.88 Å². The van der Waals surface area contributed by atoms with Gasteiger partial charge < -0.3 is 9.64 Å². The van der Waals surface area contributed by atoms with Crippen LogP contribution in [0, 0.1) is 10.1 Å². The Labute approximate surface area is 116 Å². The molecule has 2 rings (SSSR count). The molecule has 0 N–H and O–H groups in total. The molecule has 1 aromatic heterocycles. The van der Waals surface area contributed by atoms with E-state index in [0.29, 0.717) is 32.0 Å². The van der Waals surface area contributed by atoms with E-state index in [1.807, 2.05) is 9.80 Å². The summed E-state index contributed by atoms with van der Waals surface area (Å²) in [7, 11) is 1.36. The van der Waals surface area contributed by atoms with Gasteiger partial charge in [-0.05, 0) is 6.07 Å². The lowest BCUT2D eigenvalue weighted by atomic mass is 10.3. The monoisotopic (exact) mass is 280 g/mol. The number of methoxy groups -OCH3 is 1. The first kappa shape index (κ1) is 14.2. The number of aromatic nitrogens is 1. The SMILES string of the molecule is COC(=O)CN1CCN(c2ncccc2[N+](=O)[O-])CC1. The molecular weight excluding hydrogens is 264 g/mol. The summed E-state index contributed by atoms with van der Waals surface area (Å²) in [5.41, 5.74) is 0.00826. The van der Waals surface area contributed by atoms with Crippen molar-refractivity contribution in [3.63, 3.8) is 0 Å². The number of esters is 1. The molecule has 0 saturated carbocycles. The number of ether oxygens (including phenoxy) is 1. The second kappa shape index (κ2) is 6.29. The van der Waals surface area contributed by atoms with Gasteiger partial charge >= 0.3 is 11.7 Å². The molecule has 1 aliphatic rings. The summed E-state index contributed by atoms with van der Waals surface area (Å²) in [6.45, 7) is 2.71. The quantitative estimate of drug-likeness (QED) is 0.444. The first-order chi connectivity index (χ1) is 9.61. The summed E-state index contributed by atoms with van der Waals surface area (Å²) in [6, 6.07) is 3.00. The van der Waals surface area contributed by atoms with Crippen molar-refractivity contribution < 1.29 is 14.5 Å². The highest BCUT2D eigenvalue weighted by Crippen LogP contribution is 2.25. The fraction of sp³-hybridized carbons (Fsp3) is 0.500. The largest absolute Gasteiger partial charge is 0.468 e. The van der Waals surface area contributed by atoms with Gasteiger partial charge in [0, 0.05) is 38.4 Å². The van der Waals surface area contributed by atoms with Gasteiger partial charge in [0.15, 0.2) is 0 Å². The lowest BCUT2D eigenvalue weighted by molar-refractivity contribution is -0.384. The van der Waals surface area contributed by atoms with E-state index in [2.05, 4.69) is 9.72 Å². The summed E-state index contributed by atoms with van der Waals surface area (Å²) >= 11 is 0. The second-order valence-electron chi connectivity index (χ2n) is 4.44. The molecule has 0 spiro atoms. The Kier molecular flexibility index (Phi) is 4.46. The van der Waals surface area contributed by atoms with Gasteiger partial charge in [0.1, 0.15) is 0 Å². The number of piperazine rings is 1. The number of rotatable bonds is 4. The number of carbonyl (C=O) groups excluding carboxylic acids is 1. The molecule has 1 aromatic rings. The standard InChI is InChI=1S/C12H16N4O4/c1-20-11(17)9-14-5-7-15(8-6-14)12-10(16(18)19)3-2-4-13-12/h2-4H,5-9H2,1H3. The minimum absolute atomic E-state index is 0.00826. The molecule has 1 aliphatic heterocycles. The first-order valence-electron chi connectivity index (χ1n) is 6.25. The minimum Gasteiger partial charge on any atom is -0.468 e. The molecule has 1 saturated heterocycles. The van der Waals surface area contributed by atoms with Crippen molar-refractivity contribution >= 4 is 17.5 Å². The van der Waals surface area contributed by atoms with Crippen LogP contribution in [0.4, 0.5) is 11.5 Å². The topological polar surface area (TPSA) is 88.8 Å². The molecule has 0 amide bonds. The summed E-state index contributed by atoms with van der Waals surface area (Å²) in [5.74, 6) is 0.109. The Morgan fingerprint density at radius 2 is 2.15 bits per heavy atom. The van der Waals surface area contributed by atoms with Crippen molar-refractivity contribution in [1.29, 1.82) is 0 Å². The lowest BCUT2D eigenvalue weighted by Gasteiger charge is -2.34. The van der Waals surface area contributed by atoms with Gasteiger partial charge in [0.25, 0.3) is 0 Å². The Morgan fingerprint density at radius 3 is 2.75 bits per heavy atom. The van der Waals surface area contributed by atoms with Crippen molar-refractivity contribution in [3.05, 3.63) is 28.4 Å². The van der Waals surface area contributed by atoms with E-state index >= 15 is 0 Å². The van der Waals surface area contributed by atoms with E-state index in [-0.39, 0.29) is 18.2 Å². The average molecular weight is 280 g/mol. The average Bonchev–Trinajstić information content (AvgIpc) is 2.48. The lowest BCUT2D eigenvalue weighted by Crippen LogP contribution is -2.48. The van der Waals surface area contributed by atoms with Crippen LogP contribution in [-0.2, 0) is 9.53 Å². The molecule has 0 bridgehead atoms. The molecule has 2 heterocycles. The number of hydrogen-bond acceptors (Lipinski definition) is 7. The third-order valence-corrected chi connectivity index (χ3v) is 3.21. The zero-order chi connectivity index (χ0) is 14.5. The van der Waals surface area contributed by atoms with Crippen LogP contribution in [0.15, 0.2) is 18.3 Å². The highest BCUT2D eigenvalue weighted by atomic mass is 16.6. The van der Waals surface area contributed by atoms with Crippen LogP contribution in [0.5, 0.6) is 0 Å². The molecule has 8 heteroatoms. The first-order valence-corrected chi connectivity index (χ1v) is 6.25. The maximum atomic E-state index is 11.2. The number of pyridine rings is 1. The summed E-state index contributed by atoms with van der Waals surface area (Å²) in [5, 5.41) is 11.0. The van der Waals surface area contributed by atoms with E-state index in [1.165, 1.54) is 13.2 Å². The molecule has 0 radical (unpaired) electrons. The highest BCUT2D eigenvalue weighted by molar-refractivity contribution is 5.71. The Morgan fingerprint density at radius 1 is 1.45 bits per heavy atom. The van der Waals surface area contributed by atoms with Gasteiger partial charge in [-0.2, -0.15) is 0 Å². The number of nitrogens with zero attached hydrogens (tertiary/aromatic N) is 4. The van der Waals surface area contributed by atoms with Crippen molar-refractivity contribution in [2.75, 3.05) is 44.7 Å². The highest BCUT2D eigenvalue weighted by Gasteiger charge is 2.25. The summed E-state index contributed by atoms with van der Waals surface area (Å²) in [4.78, 5) is 29.7. The fourth-order valence-electron chi connectivity index (χ4n) is 2.14. The van der Waals surface area contributed by atoms with Crippen molar-refractivity contribution in [2.45, 2.75) is 0 Å². The maximum Gasteiger partial charge on any atom is 0.319 e. The van der Waals surface area contributed by atoms with Crippen molar-refractivity contribution in [3.8, 4) is 0 Å². The molecular formula is C12H16N4O4. The van der Waals surface area contributed by atoms with Crippen LogP contribution in [0.3, 0.4) is 0 Å². The van der Waals surface area contributed by atoms with E-state index < -0.39 is 4.92 Å². The number of anilines is 1. The van der Waals surface area contributed by atoms with E-state index in [4.69, 9.17) is 0 Å². The predicted molar refractivity (Wildman–Crippen MR) is 71.6 cm³/mol. The Hall–Kier alpha value is -2.22. The fourth-order valence-corrected chi connectivity index (χ4v) is 2.14. The van der Waals surface area contributed by atoms with E-state index in [9.17, 15) is 14.9 Å². The zero-order valence-electron chi connectivity index (χ0n) is 11.2. The van der Waals surface area contributed by atoms with E-state index in [1.54, 1.807) is 12.3 Å². The molecule has 0 unspecified atom stereocenters. The van der Waals surface area contributed by atoms with Crippen LogP contribution < -0.4 is 4.90 Å². The molecule has 8 nitrogen and oxygen atoms in total. The van der Waals surface area contributed by atoms with Gasteiger partial charge in [-0.3, -0.25) is 19.8 Å². The molecule has 1 fully saturated rings. The van der Waals surface area contributed by atoms with Gasteiger partial charge in [-0.25, -0.2) is 4.98 Å². The Bertz CT molecular complexity index is 500. The summed E-state index contributed by atoms with van der Waals surface area (Å²) in [6.07, 6.45) is 1.54.